The van der Waals surface area contributed by atoms with Crippen LogP contribution in [0.1, 0.15) is 17.9 Å². The van der Waals surface area contributed by atoms with Crippen molar-refractivity contribution in [3.63, 3.8) is 0 Å². The lowest BCUT2D eigenvalue weighted by Gasteiger charge is -2.41. The van der Waals surface area contributed by atoms with E-state index >= 15 is 0 Å². The summed E-state index contributed by atoms with van der Waals surface area (Å²) in [5.41, 5.74) is 1.09. The maximum Gasteiger partial charge on any atom is 0.310 e. The Morgan fingerprint density at radius 3 is 2.36 bits per heavy atom. The van der Waals surface area contributed by atoms with Crippen LogP contribution in [0.3, 0.4) is 0 Å². The summed E-state index contributed by atoms with van der Waals surface area (Å²) in [6.45, 7) is 0. The third-order valence-corrected chi connectivity index (χ3v) is 4.57. The Labute approximate surface area is 129 Å². The Morgan fingerprint density at radius 2 is 1.64 bits per heavy atom. The molecule has 3 atom stereocenters. The van der Waals surface area contributed by atoms with Crippen LogP contribution in [-0.4, -0.2) is 26.2 Å². The molecule has 0 heterocycles. The molecule has 0 amide bonds. The predicted octanol–water partition coefficient (Wildman–Crippen LogP) is 2.91. The minimum Gasteiger partial charge on any atom is -0.469 e. The highest BCUT2D eigenvalue weighted by Crippen LogP contribution is 2.50. The number of carbonyl (C=O) groups excluding carboxylic acids is 2. The van der Waals surface area contributed by atoms with E-state index in [2.05, 4.69) is 0 Å². The molecule has 1 fully saturated rings. The van der Waals surface area contributed by atoms with Gasteiger partial charge in [0, 0.05) is 0 Å². The second-order valence-corrected chi connectivity index (χ2v) is 5.59. The van der Waals surface area contributed by atoms with Crippen LogP contribution in [0.15, 0.2) is 42.5 Å². The molecule has 4 heteroatoms. The molecule has 3 unspecified atom stereocenters. The quantitative estimate of drug-likeness (QED) is 0.818. The maximum absolute atomic E-state index is 12.1. The molecule has 114 valence electrons. The molecular weight excluding hydrogens is 280 g/mol. The van der Waals surface area contributed by atoms with Crippen molar-refractivity contribution in [1.82, 2.24) is 0 Å². The van der Waals surface area contributed by atoms with Gasteiger partial charge in [-0.15, -0.1) is 0 Å². The Balaban J connectivity index is 2.00. The zero-order valence-corrected chi connectivity index (χ0v) is 12.6. The Morgan fingerprint density at radius 1 is 0.955 bits per heavy atom. The zero-order valence-electron chi connectivity index (χ0n) is 12.6. The summed E-state index contributed by atoms with van der Waals surface area (Å²) < 4.78 is 9.70. The van der Waals surface area contributed by atoms with Gasteiger partial charge in [0.25, 0.3) is 0 Å². The first-order valence-electron chi connectivity index (χ1n) is 7.30. The van der Waals surface area contributed by atoms with E-state index in [1.165, 1.54) is 14.2 Å². The third-order valence-electron chi connectivity index (χ3n) is 4.57. The van der Waals surface area contributed by atoms with Crippen molar-refractivity contribution in [2.75, 3.05) is 14.2 Å². The zero-order chi connectivity index (χ0) is 15.7. The molecule has 0 saturated heterocycles. The van der Waals surface area contributed by atoms with E-state index in [0.29, 0.717) is 6.42 Å². The van der Waals surface area contributed by atoms with Gasteiger partial charge in [-0.3, -0.25) is 9.59 Å². The fourth-order valence-electron chi connectivity index (χ4n) is 3.40. The van der Waals surface area contributed by atoms with E-state index in [9.17, 15) is 9.59 Å². The lowest BCUT2D eigenvalue weighted by Crippen LogP contribution is -2.45. The summed E-state index contributed by atoms with van der Waals surface area (Å²) in [6.07, 6.45) is 0.612. The van der Waals surface area contributed by atoms with E-state index < -0.39 is 11.8 Å². The molecule has 0 aromatic heterocycles. The van der Waals surface area contributed by atoms with Crippen LogP contribution in [0.4, 0.5) is 0 Å². The van der Waals surface area contributed by atoms with Crippen molar-refractivity contribution in [3.8, 4) is 0 Å². The summed E-state index contributed by atoms with van der Waals surface area (Å²) in [5, 5.41) is 2.25. The van der Waals surface area contributed by atoms with Gasteiger partial charge in [-0.25, -0.2) is 0 Å². The number of hydrogen-bond donors (Lipinski definition) is 0. The molecule has 0 bridgehead atoms. The van der Waals surface area contributed by atoms with E-state index in [1.807, 2.05) is 42.5 Å². The Hall–Kier alpha value is -2.36. The topological polar surface area (TPSA) is 52.6 Å². The summed E-state index contributed by atoms with van der Waals surface area (Å²) in [7, 11) is 2.71. The van der Waals surface area contributed by atoms with Crippen molar-refractivity contribution >= 4 is 22.7 Å². The lowest BCUT2D eigenvalue weighted by molar-refractivity contribution is -0.166. The first-order chi connectivity index (χ1) is 10.7. The van der Waals surface area contributed by atoms with Crippen molar-refractivity contribution < 1.29 is 19.1 Å². The van der Waals surface area contributed by atoms with Gasteiger partial charge in [0.05, 0.1) is 26.1 Å². The molecule has 3 rings (SSSR count). The van der Waals surface area contributed by atoms with Gasteiger partial charge in [0.1, 0.15) is 0 Å². The van der Waals surface area contributed by atoms with Gasteiger partial charge in [0.15, 0.2) is 0 Å². The number of esters is 2. The van der Waals surface area contributed by atoms with Crippen LogP contribution in [0.25, 0.3) is 10.8 Å². The van der Waals surface area contributed by atoms with Crippen molar-refractivity contribution in [2.24, 2.45) is 11.8 Å². The highest BCUT2D eigenvalue weighted by atomic mass is 16.5. The highest BCUT2D eigenvalue weighted by Gasteiger charge is 2.51. The number of benzene rings is 2. The summed E-state index contributed by atoms with van der Waals surface area (Å²) in [4.78, 5) is 24.0. The van der Waals surface area contributed by atoms with Gasteiger partial charge in [-0.05, 0) is 28.7 Å². The molecule has 0 aliphatic heterocycles. The first kappa shape index (κ1) is 14.6. The van der Waals surface area contributed by atoms with Crippen molar-refractivity contribution in [2.45, 2.75) is 12.3 Å². The standard InChI is InChI=1S/C18H18O4/c1-21-17(19)15-10-14(16(15)18(20)22-2)13-9-5-7-11-6-3-4-8-12(11)13/h3-9,14-16H,10H2,1-2H3. The number of fused-ring (bicyclic) bond motifs is 1. The SMILES string of the molecule is COC(=O)C1CC(c2cccc3ccccc23)C1C(=O)OC. The van der Waals surface area contributed by atoms with E-state index in [0.717, 1.165) is 16.3 Å². The molecule has 1 aliphatic rings. The molecular formula is C18H18O4. The van der Waals surface area contributed by atoms with Crippen LogP contribution < -0.4 is 0 Å². The van der Waals surface area contributed by atoms with E-state index in [4.69, 9.17) is 9.47 Å². The van der Waals surface area contributed by atoms with Crippen molar-refractivity contribution in [1.29, 1.82) is 0 Å². The van der Waals surface area contributed by atoms with Crippen LogP contribution in [-0.2, 0) is 19.1 Å². The molecule has 22 heavy (non-hydrogen) atoms. The lowest BCUT2D eigenvalue weighted by atomic mass is 9.61. The molecule has 1 aliphatic carbocycles. The Kier molecular flexibility index (Phi) is 3.84. The largest absolute Gasteiger partial charge is 0.469 e. The normalized spacial score (nSPS) is 23.6. The van der Waals surface area contributed by atoms with E-state index in [1.54, 1.807) is 0 Å². The minimum atomic E-state index is -0.469. The number of hydrogen-bond acceptors (Lipinski definition) is 4. The van der Waals surface area contributed by atoms with Gasteiger partial charge in [-0.2, -0.15) is 0 Å². The number of methoxy groups -OCH3 is 2. The summed E-state index contributed by atoms with van der Waals surface area (Å²) in [5.74, 6) is -1.58. The van der Waals surface area contributed by atoms with Gasteiger partial charge < -0.3 is 9.47 Å². The summed E-state index contributed by atoms with van der Waals surface area (Å²) >= 11 is 0. The first-order valence-corrected chi connectivity index (χ1v) is 7.30. The van der Waals surface area contributed by atoms with E-state index in [-0.39, 0.29) is 17.9 Å². The second-order valence-electron chi connectivity index (χ2n) is 5.59. The van der Waals surface area contributed by atoms with Crippen molar-refractivity contribution in [3.05, 3.63) is 48.0 Å². The van der Waals surface area contributed by atoms with Gasteiger partial charge >= 0.3 is 11.9 Å². The second kappa shape index (κ2) is 5.79. The maximum atomic E-state index is 12.1. The predicted molar refractivity (Wildman–Crippen MR) is 82.3 cm³/mol. The van der Waals surface area contributed by atoms with Gasteiger partial charge in [-0.1, -0.05) is 42.5 Å². The average molecular weight is 298 g/mol. The highest BCUT2D eigenvalue weighted by molar-refractivity contribution is 5.90. The van der Waals surface area contributed by atoms with Crippen LogP contribution in [0.2, 0.25) is 0 Å². The van der Waals surface area contributed by atoms with Crippen LogP contribution in [0.5, 0.6) is 0 Å². The minimum absolute atomic E-state index is 0.0114. The fourth-order valence-corrected chi connectivity index (χ4v) is 3.40. The van der Waals surface area contributed by atoms with Crippen LogP contribution in [0, 0.1) is 11.8 Å². The van der Waals surface area contributed by atoms with Gasteiger partial charge in [0.2, 0.25) is 0 Å². The molecule has 2 aromatic carbocycles. The smallest absolute Gasteiger partial charge is 0.310 e. The van der Waals surface area contributed by atoms with Crippen LogP contribution >= 0.6 is 0 Å². The third kappa shape index (κ3) is 2.25. The molecule has 0 radical (unpaired) electrons. The molecule has 0 spiro atoms. The number of rotatable bonds is 3. The number of ether oxygens (including phenoxy) is 2. The summed E-state index contributed by atoms with van der Waals surface area (Å²) in [6, 6.07) is 14.1. The average Bonchev–Trinajstić information content (AvgIpc) is 2.53. The fraction of sp³-hybridized carbons (Fsp3) is 0.333. The molecule has 2 aromatic rings. The molecule has 0 N–H and O–H groups in total. The monoisotopic (exact) mass is 298 g/mol. The Bertz CT molecular complexity index is 717. The molecule has 4 nitrogen and oxygen atoms in total. The number of carbonyl (C=O) groups is 2. The molecule has 1 saturated carbocycles.